The van der Waals surface area contributed by atoms with Gasteiger partial charge in [-0.25, -0.2) is 28.8 Å². The summed E-state index contributed by atoms with van der Waals surface area (Å²) in [5.74, 6) is 0.0878. The summed E-state index contributed by atoms with van der Waals surface area (Å²) in [5, 5.41) is 57.0. The highest BCUT2D eigenvalue weighted by Crippen LogP contribution is 2.32. The van der Waals surface area contributed by atoms with Crippen molar-refractivity contribution in [3.63, 3.8) is 0 Å². The molecule has 62 heavy (non-hydrogen) atoms. The maximum absolute atomic E-state index is 10.3. The fourth-order valence-corrected chi connectivity index (χ4v) is 4.83. The van der Waals surface area contributed by atoms with Crippen LogP contribution in [0.3, 0.4) is 0 Å². The van der Waals surface area contributed by atoms with Crippen LogP contribution in [-0.2, 0) is 57.7 Å². The highest BCUT2D eigenvalue weighted by molar-refractivity contribution is 5.58. The number of methoxy groups -OCH3 is 1. The van der Waals surface area contributed by atoms with Crippen LogP contribution >= 0.6 is 0 Å². The number of aryl methyl sites for hydroxylation is 2. The molecular weight excluding hydrogens is 830 g/mol. The highest BCUT2D eigenvalue weighted by Gasteiger charge is 2.42. The topological polar surface area (TPSA) is 331 Å². The number of hydrogen-bond donors (Lipinski definition) is 7. The lowest BCUT2D eigenvalue weighted by Gasteiger charge is -2.26. The first-order valence-corrected chi connectivity index (χ1v) is 18.4. The van der Waals surface area contributed by atoms with E-state index < -0.39 is 43.0 Å². The van der Waals surface area contributed by atoms with Crippen LogP contribution in [0.4, 0.5) is 28.8 Å². The van der Waals surface area contributed by atoms with Crippen LogP contribution < -0.4 is 0 Å². The van der Waals surface area contributed by atoms with E-state index >= 15 is 0 Å². The first-order chi connectivity index (χ1) is 29.4. The molecule has 2 aliphatic rings. The highest BCUT2D eigenvalue weighted by atomic mass is 16.7. The molecule has 3 aromatic rings. The average molecular weight is 884 g/mol. The van der Waals surface area contributed by atoms with Gasteiger partial charge in [-0.15, -0.1) is 0 Å². The number of aliphatic hydroxyl groups excluding tert-OH is 1. The molecule has 5 rings (SSSR count). The van der Waals surface area contributed by atoms with E-state index in [1.165, 1.54) is 0 Å². The Labute approximate surface area is 356 Å². The summed E-state index contributed by atoms with van der Waals surface area (Å²) in [7, 11) is 1.10. The summed E-state index contributed by atoms with van der Waals surface area (Å²) < 4.78 is 36.3. The van der Waals surface area contributed by atoms with Crippen molar-refractivity contribution in [2.75, 3.05) is 26.9 Å². The van der Waals surface area contributed by atoms with Crippen molar-refractivity contribution in [3.8, 4) is 0 Å². The fourth-order valence-electron chi connectivity index (χ4n) is 4.83. The molecule has 0 bridgehead atoms. The predicted octanol–water partition coefficient (Wildman–Crippen LogP) is 7.25. The maximum atomic E-state index is 10.3. The number of aromatic nitrogens is 1. The van der Waals surface area contributed by atoms with Crippen LogP contribution in [0.5, 0.6) is 0 Å². The molecule has 2 saturated heterocycles. The van der Waals surface area contributed by atoms with Crippen molar-refractivity contribution in [2.45, 2.75) is 78.4 Å². The van der Waals surface area contributed by atoms with Gasteiger partial charge in [0.2, 0.25) is 0 Å². The Balaban J connectivity index is 0.000000734. The third-order valence-corrected chi connectivity index (χ3v) is 7.84. The molecule has 344 valence electrons. The van der Waals surface area contributed by atoms with Gasteiger partial charge in [-0.3, -0.25) is 4.98 Å². The quantitative estimate of drug-likeness (QED) is 0.0778. The molecule has 2 aromatic carbocycles. The summed E-state index contributed by atoms with van der Waals surface area (Å²) in [5.41, 5.74) is 4.66. The van der Waals surface area contributed by atoms with Gasteiger partial charge in [-0.1, -0.05) is 61.5 Å². The summed E-state index contributed by atoms with van der Waals surface area (Å²) in [6.45, 7) is 6.70. The molecule has 2 fully saturated rings. The second kappa shape index (κ2) is 32.9. The van der Waals surface area contributed by atoms with E-state index in [0.29, 0.717) is 19.6 Å². The number of carbonyl (C=O) groups is 6. The molecule has 0 saturated carbocycles. The van der Waals surface area contributed by atoms with Crippen LogP contribution in [0.15, 0.2) is 73.1 Å². The standard InChI is InChI=1S/C10H12O3.C8H12O5.C8H8O3.C7H7NO3.C5H10O4.C2H4O3/c1-7-4-3-5-8(2)9(7)6-13-10(11)12;9-8(10)13-6-4-12-7-5(6)2-1-3-11-7;9-8(10)11-6-7-4-2-1-3-5-7;9-7(10)11-5-6-2-1-3-8-4-6;1-2-4(3-6)9-5(7)8;1-5-2(3)4/h3-5H,6H2,1-2H3,(H,11,12);5-7H,1-4H2,(H,9,10);1-5H,6H2,(H,9,10);1-4H,5H2,(H,9,10);4,6H,2-3H2,1H3,(H,7,8);1H3,(H,3,4). The maximum Gasteiger partial charge on any atom is 0.506 e. The van der Waals surface area contributed by atoms with E-state index in [4.69, 9.17) is 54.8 Å². The monoisotopic (exact) mass is 883 g/mol. The average Bonchev–Trinajstić information content (AvgIpc) is 3.64. The Morgan fingerprint density at radius 2 is 1.26 bits per heavy atom. The van der Waals surface area contributed by atoms with E-state index in [1.54, 1.807) is 31.5 Å². The Kier molecular flexibility index (Phi) is 29.2. The second-order valence-corrected chi connectivity index (χ2v) is 12.2. The smallest absolute Gasteiger partial charge is 0.450 e. The van der Waals surface area contributed by atoms with Gasteiger partial charge in [-0.05, 0) is 61.4 Å². The molecule has 4 unspecified atom stereocenters. The van der Waals surface area contributed by atoms with Crippen LogP contribution in [-0.4, -0.2) is 123 Å². The SMILES string of the molecule is CCC(CO)OC(=O)O.COC(=O)O.Cc1cccc(C)c1COC(=O)O.O=C(O)OC1COC2OCCCC12.O=C(O)OCc1ccccc1.O=C(O)OCc1cccnc1. The van der Waals surface area contributed by atoms with Gasteiger partial charge >= 0.3 is 36.9 Å². The lowest BCUT2D eigenvalue weighted by atomic mass is 9.97. The van der Waals surface area contributed by atoms with Gasteiger partial charge in [0.1, 0.15) is 32.0 Å². The van der Waals surface area contributed by atoms with E-state index in [1.807, 2.05) is 62.4 Å². The Morgan fingerprint density at radius 1 is 0.710 bits per heavy atom. The molecular formula is C40H53NO21. The zero-order valence-electron chi connectivity index (χ0n) is 34.4. The molecule has 7 N–H and O–H groups in total. The molecule has 1 aromatic heterocycles. The first-order valence-electron chi connectivity index (χ1n) is 18.4. The number of pyridine rings is 1. The minimum Gasteiger partial charge on any atom is -0.450 e. The molecule has 0 radical (unpaired) electrons. The van der Waals surface area contributed by atoms with Crippen LogP contribution in [0, 0.1) is 19.8 Å². The zero-order chi connectivity index (χ0) is 46.9. The first kappa shape index (κ1) is 55.1. The normalized spacial score (nSPS) is 15.7. The Hall–Kier alpha value is -6.91. The van der Waals surface area contributed by atoms with Gasteiger partial charge < -0.3 is 73.6 Å². The molecule has 22 nitrogen and oxygen atoms in total. The largest absolute Gasteiger partial charge is 0.506 e. The molecule has 22 heteroatoms. The number of benzene rings is 2. The molecule has 0 amide bonds. The van der Waals surface area contributed by atoms with Crippen LogP contribution in [0.1, 0.15) is 54.0 Å². The summed E-state index contributed by atoms with van der Waals surface area (Å²) in [4.78, 5) is 63.1. The minimum atomic E-state index is -1.34. The van der Waals surface area contributed by atoms with Crippen molar-refractivity contribution in [1.29, 1.82) is 0 Å². The van der Waals surface area contributed by atoms with Crippen LogP contribution in [0.25, 0.3) is 0 Å². The van der Waals surface area contributed by atoms with Gasteiger partial charge in [0.25, 0.3) is 0 Å². The van der Waals surface area contributed by atoms with Crippen molar-refractivity contribution < 1.29 is 102 Å². The van der Waals surface area contributed by atoms with Gasteiger partial charge in [0, 0.05) is 30.5 Å². The number of nitrogens with zero attached hydrogens (tertiary/aromatic N) is 1. The second-order valence-electron chi connectivity index (χ2n) is 12.2. The molecule has 0 spiro atoms. The molecule has 3 heterocycles. The van der Waals surface area contributed by atoms with Crippen molar-refractivity contribution >= 4 is 36.9 Å². The van der Waals surface area contributed by atoms with Crippen molar-refractivity contribution in [3.05, 3.63) is 101 Å². The molecule has 2 aliphatic heterocycles. The number of carboxylic acid groups (broad SMARTS) is 6. The minimum absolute atomic E-state index is 0.0587. The number of fused-ring (bicyclic) bond motifs is 1. The number of rotatable bonds is 10. The van der Waals surface area contributed by atoms with Gasteiger partial charge in [-0.2, -0.15) is 0 Å². The number of aliphatic hydroxyl groups is 1. The van der Waals surface area contributed by atoms with Crippen molar-refractivity contribution in [2.24, 2.45) is 5.92 Å². The Morgan fingerprint density at radius 3 is 1.71 bits per heavy atom. The van der Waals surface area contributed by atoms with Gasteiger partial charge in [0.05, 0.1) is 20.3 Å². The molecule has 4 atom stereocenters. The number of hydrogen-bond acceptors (Lipinski definition) is 16. The van der Waals surface area contributed by atoms with E-state index in [9.17, 15) is 24.0 Å². The van der Waals surface area contributed by atoms with Crippen LogP contribution in [0.2, 0.25) is 0 Å². The Bertz CT molecular complexity index is 1670. The summed E-state index contributed by atoms with van der Waals surface area (Å²) in [6.07, 6.45) is -3.18. The summed E-state index contributed by atoms with van der Waals surface area (Å²) >= 11 is 0. The lowest BCUT2D eigenvalue weighted by molar-refractivity contribution is -0.152. The predicted molar refractivity (Wildman–Crippen MR) is 212 cm³/mol. The van der Waals surface area contributed by atoms with E-state index in [0.717, 1.165) is 47.8 Å². The van der Waals surface area contributed by atoms with Gasteiger partial charge in [0.15, 0.2) is 6.29 Å². The summed E-state index contributed by atoms with van der Waals surface area (Å²) in [6, 6.07) is 18.4. The molecule has 0 aliphatic carbocycles. The fraction of sp³-hybridized carbons (Fsp3) is 0.425. The third-order valence-electron chi connectivity index (χ3n) is 7.84. The lowest BCUT2D eigenvalue weighted by Crippen LogP contribution is -2.33. The van der Waals surface area contributed by atoms with E-state index in [2.05, 4.69) is 28.7 Å². The third kappa shape index (κ3) is 27.7. The number of ether oxygens (including phenoxy) is 8. The zero-order valence-corrected chi connectivity index (χ0v) is 34.4. The van der Waals surface area contributed by atoms with E-state index in [-0.39, 0.29) is 44.7 Å². The van der Waals surface area contributed by atoms with Crippen molar-refractivity contribution in [1.82, 2.24) is 4.98 Å².